The van der Waals surface area contributed by atoms with Gasteiger partial charge in [-0.2, -0.15) is 5.10 Å². The molecule has 0 fully saturated rings. The lowest BCUT2D eigenvalue weighted by Crippen LogP contribution is -2.24. The molecule has 0 spiro atoms. The minimum Gasteiger partial charge on any atom is -0.327 e. The van der Waals surface area contributed by atoms with Crippen LogP contribution in [-0.4, -0.2) is 15.8 Å². The summed E-state index contributed by atoms with van der Waals surface area (Å²) in [5.74, 6) is 0. The van der Waals surface area contributed by atoms with Crippen molar-refractivity contribution in [3.8, 4) is 0 Å². The summed E-state index contributed by atoms with van der Waals surface area (Å²) in [6.45, 7) is 7.35. The number of hydrogen-bond acceptors (Lipinski definition) is 2. The smallest absolute Gasteiger partial charge is 0.0596 e. The van der Waals surface area contributed by atoms with E-state index in [1.54, 1.807) is 0 Å². The number of nitrogens with zero attached hydrogens (tertiary/aromatic N) is 2. The molecule has 2 N–H and O–H groups in total. The lowest BCUT2D eigenvalue weighted by Gasteiger charge is -2.12. The highest BCUT2D eigenvalue weighted by Crippen LogP contribution is 2.10. The maximum atomic E-state index is 6.18. The maximum Gasteiger partial charge on any atom is 0.0596 e. The van der Waals surface area contributed by atoms with Crippen molar-refractivity contribution < 1.29 is 0 Å². The number of nitrogens with two attached hydrogens (primary N) is 1. The third-order valence-electron chi connectivity index (χ3n) is 3.18. The third kappa shape index (κ3) is 4.90. The Bertz CT molecular complexity index is 317. The Labute approximate surface area is 105 Å². The predicted molar refractivity (Wildman–Crippen MR) is 73.1 cm³/mol. The van der Waals surface area contributed by atoms with Crippen LogP contribution < -0.4 is 5.73 Å². The first kappa shape index (κ1) is 14.2. The molecular formula is C14H27N3. The second-order valence-corrected chi connectivity index (χ2v) is 4.91. The third-order valence-corrected chi connectivity index (χ3v) is 3.18. The molecule has 0 aliphatic heterocycles. The minimum atomic E-state index is 0.285. The monoisotopic (exact) mass is 237 g/mol. The molecular weight excluding hydrogens is 210 g/mol. The summed E-state index contributed by atoms with van der Waals surface area (Å²) in [6.07, 6.45) is 7.29. The van der Waals surface area contributed by atoms with Crippen LogP contribution in [-0.2, 0) is 13.0 Å². The second-order valence-electron chi connectivity index (χ2n) is 4.91. The summed E-state index contributed by atoms with van der Waals surface area (Å²) in [4.78, 5) is 0. The van der Waals surface area contributed by atoms with Gasteiger partial charge in [0.25, 0.3) is 0 Å². The van der Waals surface area contributed by atoms with Crippen LogP contribution in [0.25, 0.3) is 0 Å². The first-order valence-corrected chi connectivity index (χ1v) is 6.96. The van der Waals surface area contributed by atoms with Crippen molar-refractivity contribution in [1.82, 2.24) is 9.78 Å². The zero-order valence-corrected chi connectivity index (χ0v) is 11.6. The first-order chi connectivity index (χ1) is 8.17. The Balaban J connectivity index is 2.36. The zero-order valence-electron chi connectivity index (χ0n) is 11.6. The fourth-order valence-electron chi connectivity index (χ4n) is 2.24. The van der Waals surface area contributed by atoms with E-state index in [-0.39, 0.29) is 6.04 Å². The van der Waals surface area contributed by atoms with Crippen molar-refractivity contribution in [3.63, 3.8) is 0 Å². The van der Waals surface area contributed by atoms with Gasteiger partial charge in [-0.3, -0.25) is 4.68 Å². The van der Waals surface area contributed by atoms with E-state index in [4.69, 9.17) is 5.73 Å². The topological polar surface area (TPSA) is 43.8 Å². The molecule has 0 amide bonds. The van der Waals surface area contributed by atoms with Gasteiger partial charge in [0.15, 0.2) is 0 Å². The predicted octanol–water partition coefficient (Wildman–Crippen LogP) is 3.05. The standard InChI is InChI=1S/C14H27N3/c1-4-6-7-8-9-13(15)11-14-10-12(3)16-17(14)5-2/h10,13H,4-9,11,15H2,1-3H3. The molecule has 1 rings (SSSR count). The molecule has 1 aromatic rings. The fourth-order valence-corrected chi connectivity index (χ4v) is 2.24. The van der Waals surface area contributed by atoms with Crippen molar-refractivity contribution in [1.29, 1.82) is 0 Å². The van der Waals surface area contributed by atoms with E-state index in [0.29, 0.717) is 0 Å². The van der Waals surface area contributed by atoms with Gasteiger partial charge in [0.1, 0.15) is 0 Å². The van der Waals surface area contributed by atoms with Gasteiger partial charge in [0, 0.05) is 24.7 Å². The Hall–Kier alpha value is -0.830. The van der Waals surface area contributed by atoms with Crippen LogP contribution in [0.2, 0.25) is 0 Å². The average Bonchev–Trinajstić information content (AvgIpc) is 2.65. The maximum absolute atomic E-state index is 6.18. The second kappa shape index (κ2) is 7.49. The normalized spacial score (nSPS) is 12.9. The Kier molecular flexibility index (Phi) is 6.27. The number of aryl methyl sites for hydroxylation is 2. The van der Waals surface area contributed by atoms with Crippen LogP contribution in [0.1, 0.15) is 57.3 Å². The molecule has 17 heavy (non-hydrogen) atoms. The van der Waals surface area contributed by atoms with E-state index in [2.05, 4.69) is 29.7 Å². The van der Waals surface area contributed by atoms with Crippen LogP contribution in [0.3, 0.4) is 0 Å². The first-order valence-electron chi connectivity index (χ1n) is 6.96. The summed E-state index contributed by atoms with van der Waals surface area (Å²) < 4.78 is 2.07. The fraction of sp³-hybridized carbons (Fsp3) is 0.786. The van der Waals surface area contributed by atoms with Crippen LogP contribution in [0.15, 0.2) is 6.07 Å². The molecule has 0 aliphatic rings. The van der Waals surface area contributed by atoms with Crippen LogP contribution in [0, 0.1) is 6.92 Å². The molecule has 1 heterocycles. The van der Waals surface area contributed by atoms with Crippen molar-refractivity contribution in [2.24, 2.45) is 5.73 Å². The highest BCUT2D eigenvalue weighted by Gasteiger charge is 2.09. The van der Waals surface area contributed by atoms with E-state index < -0.39 is 0 Å². The molecule has 0 radical (unpaired) electrons. The molecule has 0 bridgehead atoms. The minimum absolute atomic E-state index is 0.285. The van der Waals surface area contributed by atoms with Gasteiger partial charge in [-0.05, 0) is 26.3 Å². The van der Waals surface area contributed by atoms with E-state index >= 15 is 0 Å². The Morgan fingerprint density at radius 2 is 2.06 bits per heavy atom. The van der Waals surface area contributed by atoms with Gasteiger partial charge in [-0.1, -0.05) is 32.6 Å². The van der Waals surface area contributed by atoms with Gasteiger partial charge < -0.3 is 5.73 Å². The Morgan fingerprint density at radius 3 is 2.71 bits per heavy atom. The SMILES string of the molecule is CCCCCCC(N)Cc1cc(C)nn1CC. The summed E-state index contributed by atoms with van der Waals surface area (Å²) in [7, 11) is 0. The summed E-state index contributed by atoms with van der Waals surface area (Å²) in [5, 5.41) is 4.45. The highest BCUT2D eigenvalue weighted by atomic mass is 15.3. The van der Waals surface area contributed by atoms with Crippen LogP contribution in [0.5, 0.6) is 0 Å². The van der Waals surface area contributed by atoms with Gasteiger partial charge in [-0.15, -0.1) is 0 Å². The molecule has 1 atom stereocenters. The van der Waals surface area contributed by atoms with Crippen LogP contribution in [0.4, 0.5) is 0 Å². The number of unbranched alkanes of at least 4 members (excludes halogenated alkanes) is 3. The van der Waals surface area contributed by atoms with E-state index in [9.17, 15) is 0 Å². The molecule has 0 aromatic carbocycles. The number of rotatable bonds is 8. The summed E-state index contributed by atoms with van der Waals surface area (Å²) in [6, 6.07) is 2.45. The van der Waals surface area contributed by atoms with Crippen molar-refractivity contribution in [2.45, 2.75) is 71.9 Å². The lowest BCUT2D eigenvalue weighted by atomic mass is 10.0. The largest absolute Gasteiger partial charge is 0.327 e. The molecule has 0 saturated carbocycles. The Morgan fingerprint density at radius 1 is 1.29 bits per heavy atom. The quantitative estimate of drug-likeness (QED) is 0.706. The van der Waals surface area contributed by atoms with Crippen LogP contribution >= 0.6 is 0 Å². The van der Waals surface area contributed by atoms with Crippen molar-refractivity contribution in [2.75, 3.05) is 0 Å². The van der Waals surface area contributed by atoms with E-state index in [1.165, 1.54) is 31.4 Å². The highest BCUT2D eigenvalue weighted by molar-refractivity contribution is 5.10. The van der Waals surface area contributed by atoms with E-state index in [1.807, 2.05) is 6.92 Å². The average molecular weight is 237 g/mol. The molecule has 1 aromatic heterocycles. The van der Waals surface area contributed by atoms with Gasteiger partial charge in [0.05, 0.1) is 5.69 Å². The van der Waals surface area contributed by atoms with E-state index in [0.717, 1.165) is 25.1 Å². The molecule has 0 aliphatic carbocycles. The summed E-state index contributed by atoms with van der Waals surface area (Å²) >= 11 is 0. The van der Waals surface area contributed by atoms with Gasteiger partial charge in [0.2, 0.25) is 0 Å². The molecule has 0 saturated heterocycles. The van der Waals surface area contributed by atoms with Gasteiger partial charge in [-0.25, -0.2) is 0 Å². The van der Waals surface area contributed by atoms with Crippen molar-refractivity contribution in [3.05, 3.63) is 17.5 Å². The van der Waals surface area contributed by atoms with Gasteiger partial charge >= 0.3 is 0 Å². The molecule has 3 nitrogen and oxygen atoms in total. The molecule has 3 heteroatoms. The molecule has 1 unspecified atom stereocenters. The van der Waals surface area contributed by atoms with Crippen molar-refractivity contribution >= 4 is 0 Å². The number of aromatic nitrogens is 2. The lowest BCUT2D eigenvalue weighted by molar-refractivity contribution is 0.521. The number of hydrogen-bond donors (Lipinski definition) is 1. The zero-order chi connectivity index (χ0) is 12.7. The molecule has 98 valence electrons. The summed E-state index contributed by atoms with van der Waals surface area (Å²) in [5.41, 5.74) is 8.56.